The van der Waals surface area contributed by atoms with Crippen molar-refractivity contribution in [2.75, 3.05) is 36.9 Å². The SMILES string of the molecule is CCCCNc1ncc(C(=N)/C(C)=C/C=C(\C)N2CCOCC2=O)c(NC2CCC(O)CC2)n1. The minimum absolute atomic E-state index is 0.0511. The van der Waals surface area contributed by atoms with Crippen LogP contribution < -0.4 is 10.6 Å². The Labute approximate surface area is 202 Å². The summed E-state index contributed by atoms with van der Waals surface area (Å²) < 4.78 is 5.20. The molecule has 0 spiro atoms. The minimum atomic E-state index is -0.231. The number of aromatic nitrogens is 2. The Kier molecular flexibility index (Phi) is 9.59. The summed E-state index contributed by atoms with van der Waals surface area (Å²) in [6, 6.07) is 0.201. The summed E-state index contributed by atoms with van der Waals surface area (Å²) in [6.45, 7) is 7.87. The number of ether oxygens (including phenoxy) is 1. The number of morpholine rings is 1. The first-order valence-corrected chi connectivity index (χ1v) is 12.3. The summed E-state index contributed by atoms with van der Waals surface area (Å²) in [5.41, 5.74) is 2.54. The summed E-state index contributed by atoms with van der Waals surface area (Å²) in [4.78, 5) is 22.9. The highest BCUT2D eigenvalue weighted by Gasteiger charge is 2.22. The van der Waals surface area contributed by atoms with Crippen LogP contribution in [0, 0.1) is 5.41 Å². The van der Waals surface area contributed by atoms with E-state index in [1.165, 1.54) is 0 Å². The van der Waals surface area contributed by atoms with E-state index in [-0.39, 0.29) is 24.7 Å². The Hall–Kier alpha value is -2.78. The zero-order valence-electron chi connectivity index (χ0n) is 20.6. The van der Waals surface area contributed by atoms with E-state index in [0.29, 0.717) is 36.2 Å². The average Bonchev–Trinajstić information content (AvgIpc) is 2.84. The van der Waals surface area contributed by atoms with E-state index < -0.39 is 0 Å². The van der Waals surface area contributed by atoms with Gasteiger partial charge in [-0.2, -0.15) is 4.98 Å². The first-order chi connectivity index (χ1) is 16.4. The summed E-state index contributed by atoms with van der Waals surface area (Å²) in [5, 5.41) is 25.4. The number of aliphatic hydroxyl groups is 1. The summed E-state index contributed by atoms with van der Waals surface area (Å²) >= 11 is 0. The fourth-order valence-corrected chi connectivity index (χ4v) is 4.07. The van der Waals surface area contributed by atoms with E-state index in [1.807, 2.05) is 26.0 Å². The number of unbranched alkanes of at least 4 members (excludes halogenated alkanes) is 1. The lowest BCUT2D eigenvalue weighted by Crippen LogP contribution is -2.40. The van der Waals surface area contributed by atoms with Crippen LogP contribution in [0.1, 0.15) is 64.9 Å². The summed E-state index contributed by atoms with van der Waals surface area (Å²) in [5.74, 6) is 1.13. The van der Waals surface area contributed by atoms with Gasteiger partial charge >= 0.3 is 0 Å². The van der Waals surface area contributed by atoms with Gasteiger partial charge in [-0.15, -0.1) is 0 Å². The van der Waals surface area contributed by atoms with Gasteiger partial charge < -0.3 is 25.4 Å². The van der Waals surface area contributed by atoms with Gasteiger partial charge in [0.15, 0.2) is 0 Å². The van der Waals surface area contributed by atoms with Crippen LogP contribution in [0.3, 0.4) is 0 Å². The maximum Gasteiger partial charge on any atom is 0.252 e. The number of allylic oxidation sites excluding steroid dienone is 4. The number of anilines is 2. The highest BCUT2D eigenvalue weighted by molar-refractivity contribution is 6.13. The molecule has 1 aromatic rings. The molecule has 186 valence electrons. The van der Waals surface area contributed by atoms with Crippen LogP contribution in [0.5, 0.6) is 0 Å². The molecular formula is C25H38N6O3. The second-order valence-electron chi connectivity index (χ2n) is 9.02. The molecule has 0 aromatic carbocycles. The monoisotopic (exact) mass is 470 g/mol. The van der Waals surface area contributed by atoms with E-state index in [1.54, 1.807) is 11.1 Å². The number of rotatable bonds is 10. The Bertz CT molecular complexity index is 921. The van der Waals surface area contributed by atoms with Crippen LogP contribution in [0.25, 0.3) is 0 Å². The third-order valence-electron chi connectivity index (χ3n) is 6.29. The second kappa shape index (κ2) is 12.6. The van der Waals surface area contributed by atoms with E-state index in [0.717, 1.165) is 56.3 Å². The molecule has 0 unspecified atom stereocenters. The van der Waals surface area contributed by atoms with Crippen LogP contribution in [0.2, 0.25) is 0 Å². The zero-order chi connectivity index (χ0) is 24.5. The molecule has 1 aromatic heterocycles. The van der Waals surface area contributed by atoms with Crippen LogP contribution in [0.4, 0.5) is 11.8 Å². The minimum Gasteiger partial charge on any atom is -0.393 e. The van der Waals surface area contributed by atoms with Crippen molar-refractivity contribution in [2.24, 2.45) is 0 Å². The number of carbonyl (C=O) groups is 1. The van der Waals surface area contributed by atoms with Crippen molar-refractivity contribution >= 4 is 23.4 Å². The van der Waals surface area contributed by atoms with Crippen molar-refractivity contribution in [1.82, 2.24) is 14.9 Å². The number of aliphatic hydroxyl groups excluding tert-OH is 1. The van der Waals surface area contributed by atoms with Crippen LogP contribution in [-0.2, 0) is 9.53 Å². The highest BCUT2D eigenvalue weighted by atomic mass is 16.5. The summed E-state index contributed by atoms with van der Waals surface area (Å²) in [6.07, 6.45) is 10.6. The van der Waals surface area contributed by atoms with E-state index in [9.17, 15) is 9.90 Å². The molecule has 9 heteroatoms. The fourth-order valence-electron chi connectivity index (χ4n) is 4.07. The van der Waals surface area contributed by atoms with Gasteiger partial charge in [-0.1, -0.05) is 19.4 Å². The number of carbonyl (C=O) groups excluding carboxylic acids is 1. The maximum absolute atomic E-state index is 12.1. The van der Waals surface area contributed by atoms with Crippen LogP contribution >= 0.6 is 0 Å². The van der Waals surface area contributed by atoms with Crippen molar-refractivity contribution in [3.05, 3.63) is 35.2 Å². The standard InChI is InChI=1S/C25H38N6O3/c1-4-5-12-27-25-28-15-21(24(30-25)29-19-8-10-20(32)11-9-19)23(26)17(2)6-7-18(3)31-13-14-34-16-22(31)33/h6-7,15,19-20,26,32H,4-5,8-14,16H2,1-3H3,(H2,27,28,29,30)/b17-6+,18-7+,26-23?. The molecule has 1 amide bonds. The van der Waals surface area contributed by atoms with Gasteiger partial charge in [0.2, 0.25) is 5.95 Å². The van der Waals surface area contributed by atoms with Gasteiger partial charge in [0.25, 0.3) is 5.91 Å². The first-order valence-electron chi connectivity index (χ1n) is 12.3. The highest BCUT2D eigenvalue weighted by Crippen LogP contribution is 2.25. The van der Waals surface area contributed by atoms with Crippen molar-refractivity contribution in [3.63, 3.8) is 0 Å². The zero-order valence-corrected chi connectivity index (χ0v) is 20.6. The second-order valence-corrected chi connectivity index (χ2v) is 9.02. The Balaban J connectivity index is 1.79. The average molecular weight is 471 g/mol. The third-order valence-corrected chi connectivity index (χ3v) is 6.29. The molecule has 3 rings (SSSR count). The van der Waals surface area contributed by atoms with E-state index in [2.05, 4.69) is 22.5 Å². The topological polar surface area (TPSA) is 123 Å². The van der Waals surface area contributed by atoms with Gasteiger partial charge in [0, 0.05) is 31.0 Å². The Morgan fingerprint density at radius 3 is 2.76 bits per heavy atom. The van der Waals surface area contributed by atoms with Crippen molar-refractivity contribution < 1.29 is 14.6 Å². The molecule has 0 atom stereocenters. The number of hydrogen-bond acceptors (Lipinski definition) is 8. The predicted octanol–water partition coefficient (Wildman–Crippen LogP) is 3.48. The molecule has 0 radical (unpaired) electrons. The smallest absolute Gasteiger partial charge is 0.252 e. The third kappa shape index (κ3) is 7.11. The predicted molar refractivity (Wildman–Crippen MR) is 134 cm³/mol. The molecule has 2 aliphatic rings. The van der Waals surface area contributed by atoms with Crippen molar-refractivity contribution in [3.8, 4) is 0 Å². The van der Waals surface area contributed by atoms with Crippen LogP contribution in [-0.4, -0.2) is 70.0 Å². The normalized spacial score (nSPS) is 22.0. The van der Waals surface area contributed by atoms with Gasteiger partial charge in [0.05, 0.1) is 24.0 Å². The number of nitrogens with zero attached hydrogens (tertiary/aromatic N) is 3. The van der Waals surface area contributed by atoms with Crippen molar-refractivity contribution in [2.45, 2.75) is 71.4 Å². The molecule has 9 nitrogen and oxygen atoms in total. The van der Waals surface area contributed by atoms with Crippen molar-refractivity contribution in [1.29, 1.82) is 5.41 Å². The van der Waals surface area contributed by atoms with Gasteiger partial charge in [0.1, 0.15) is 12.4 Å². The molecule has 1 aliphatic carbocycles. The molecule has 1 saturated carbocycles. The molecule has 34 heavy (non-hydrogen) atoms. The number of hydrogen-bond donors (Lipinski definition) is 4. The van der Waals surface area contributed by atoms with Crippen LogP contribution in [0.15, 0.2) is 29.6 Å². The molecular weight excluding hydrogens is 432 g/mol. The largest absolute Gasteiger partial charge is 0.393 e. The number of amides is 1. The molecule has 1 saturated heterocycles. The van der Waals surface area contributed by atoms with Gasteiger partial charge in [-0.3, -0.25) is 10.2 Å². The Morgan fingerprint density at radius 1 is 1.29 bits per heavy atom. The lowest BCUT2D eigenvalue weighted by Gasteiger charge is -2.27. The van der Waals surface area contributed by atoms with Gasteiger partial charge in [-0.25, -0.2) is 4.98 Å². The molecule has 1 aliphatic heterocycles. The molecule has 0 bridgehead atoms. The van der Waals surface area contributed by atoms with Gasteiger partial charge in [-0.05, 0) is 57.6 Å². The Morgan fingerprint density at radius 2 is 2.06 bits per heavy atom. The number of nitrogens with one attached hydrogen (secondary N) is 3. The lowest BCUT2D eigenvalue weighted by molar-refractivity contribution is -0.139. The lowest BCUT2D eigenvalue weighted by atomic mass is 9.93. The quantitative estimate of drug-likeness (QED) is 0.234. The first kappa shape index (κ1) is 25.8. The molecule has 4 N–H and O–H groups in total. The molecule has 2 fully saturated rings. The maximum atomic E-state index is 12.1. The summed E-state index contributed by atoms with van der Waals surface area (Å²) in [7, 11) is 0. The van der Waals surface area contributed by atoms with E-state index >= 15 is 0 Å². The fraction of sp³-hybridized carbons (Fsp3) is 0.600. The molecule has 2 heterocycles. The van der Waals surface area contributed by atoms with E-state index in [4.69, 9.17) is 15.1 Å².